The van der Waals surface area contributed by atoms with Crippen LogP contribution in [0, 0.1) is 0 Å². The summed E-state index contributed by atoms with van der Waals surface area (Å²) in [6.45, 7) is 2.61. The molecule has 1 aromatic rings. The first-order valence-corrected chi connectivity index (χ1v) is 5.62. The van der Waals surface area contributed by atoms with Gasteiger partial charge in [-0.15, -0.1) is 0 Å². The van der Waals surface area contributed by atoms with E-state index < -0.39 is 6.17 Å². The number of halogens is 1. The molecular formula is C13H16FNO. The maximum Gasteiger partial charge on any atom is 0.151 e. The first-order valence-electron chi connectivity index (χ1n) is 5.62. The zero-order chi connectivity index (χ0) is 11.5. The number of benzene rings is 1. The van der Waals surface area contributed by atoms with Crippen molar-refractivity contribution in [2.45, 2.75) is 25.6 Å². The van der Waals surface area contributed by atoms with Gasteiger partial charge in [-0.25, -0.2) is 4.39 Å². The third-order valence-electron chi connectivity index (χ3n) is 3.03. The Bertz CT molecular complexity index is 365. The van der Waals surface area contributed by atoms with Crippen molar-refractivity contribution in [2.24, 2.45) is 0 Å². The Labute approximate surface area is 95.1 Å². The van der Waals surface area contributed by atoms with Crippen molar-refractivity contribution in [1.82, 2.24) is 4.90 Å². The van der Waals surface area contributed by atoms with Gasteiger partial charge < -0.3 is 0 Å². The van der Waals surface area contributed by atoms with Crippen LogP contribution in [0.5, 0.6) is 0 Å². The Hall–Kier alpha value is -1.22. The normalized spacial score (nSPS) is 23.2. The summed E-state index contributed by atoms with van der Waals surface area (Å²) in [6.07, 6.45) is -0.248. The van der Waals surface area contributed by atoms with E-state index in [1.54, 1.807) is 6.92 Å². The lowest BCUT2D eigenvalue weighted by molar-refractivity contribution is -0.122. The molecule has 1 aliphatic heterocycles. The van der Waals surface area contributed by atoms with E-state index in [-0.39, 0.29) is 11.8 Å². The molecule has 2 rings (SSSR count). The number of Topliss-reactive ketones (excluding diaryl/α,β-unsaturated/α-hetero) is 1. The Morgan fingerprint density at radius 1 is 1.44 bits per heavy atom. The second kappa shape index (κ2) is 4.74. The first-order chi connectivity index (χ1) is 7.68. The highest BCUT2D eigenvalue weighted by atomic mass is 19.1. The van der Waals surface area contributed by atoms with Crippen molar-refractivity contribution in [1.29, 1.82) is 0 Å². The molecule has 0 aliphatic carbocycles. The molecule has 1 aromatic carbocycles. The number of ketones is 1. The summed E-state index contributed by atoms with van der Waals surface area (Å²) in [6, 6.07) is 9.32. The van der Waals surface area contributed by atoms with Crippen molar-refractivity contribution in [3.63, 3.8) is 0 Å². The Kier molecular flexibility index (Phi) is 3.34. The van der Waals surface area contributed by atoms with Gasteiger partial charge in [0.2, 0.25) is 0 Å². The van der Waals surface area contributed by atoms with Crippen LogP contribution < -0.4 is 0 Å². The molecule has 2 atom stereocenters. The highest BCUT2D eigenvalue weighted by molar-refractivity contribution is 5.82. The molecule has 1 fully saturated rings. The van der Waals surface area contributed by atoms with Crippen molar-refractivity contribution in [2.75, 3.05) is 13.1 Å². The molecule has 0 saturated carbocycles. The van der Waals surface area contributed by atoms with Gasteiger partial charge in [-0.3, -0.25) is 9.69 Å². The first kappa shape index (κ1) is 11.3. The third-order valence-corrected chi connectivity index (χ3v) is 3.03. The topological polar surface area (TPSA) is 20.3 Å². The standard InChI is InChI=1S/C13H16FNO/c1-10(16)13(11-5-3-2-4-6-11)15-8-7-12(14)9-15/h2-6,12-13H,7-9H2,1H3/t12?,13-/m1/s1. The van der Waals surface area contributed by atoms with E-state index in [2.05, 4.69) is 0 Å². The molecule has 0 N–H and O–H groups in total. The fraction of sp³-hybridized carbons (Fsp3) is 0.462. The molecule has 0 spiro atoms. The molecule has 2 nitrogen and oxygen atoms in total. The van der Waals surface area contributed by atoms with Gasteiger partial charge in [0.15, 0.2) is 5.78 Å². The van der Waals surface area contributed by atoms with Gasteiger partial charge in [-0.2, -0.15) is 0 Å². The van der Waals surface area contributed by atoms with E-state index >= 15 is 0 Å². The predicted molar refractivity (Wildman–Crippen MR) is 61.0 cm³/mol. The molecule has 0 radical (unpaired) electrons. The number of carbonyl (C=O) groups is 1. The van der Waals surface area contributed by atoms with Gasteiger partial charge in [-0.05, 0) is 18.9 Å². The highest BCUT2D eigenvalue weighted by Gasteiger charge is 2.31. The van der Waals surface area contributed by atoms with Gasteiger partial charge in [0.1, 0.15) is 6.17 Å². The summed E-state index contributed by atoms with van der Waals surface area (Å²) in [5.41, 5.74) is 0.962. The van der Waals surface area contributed by atoms with E-state index in [0.717, 1.165) is 5.56 Å². The maximum atomic E-state index is 13.2. The smallest absolute Gasteiger partial charge is 0.151 e. The lowest BCUT2D eigenvalue weighted by Gasteiger charge is -2.25. The molecule has 0 bridgehead atoms. The maximum absolute atomic E-state index is 13.2. The minimum absolute atomic E-state index is 0.0836. The molecule has 0 aromatic heterocycles. The van der Waals surface area contributed by atoms with E-state index in [1.165, 1.54) is 0 Å². The van der Waals surface area contributed by atoms with Crippen molar-refractivity contribution < 1.29 is 9.18 Å². The van der Waals surface area contributed by atoms with Crippen molar-refractivity contribution in [3.8, 4) is 0 Å². The monoisotopic (exact) mass is 221 g/mol. The molecule has 1 saturated heterocycles. The fourth-order valence-electron chi connectivity index (χ4n) is 2.32. The fourth-order valence-corrected chi connectivity index (χ4v) is 2.32. The lowest BCUT2D eigenvalue weighted by atomic mass is 10.0. The zero-order valence-electron chi connectivity index (χ0n) is 9.40. The van der Waals surface area contributed by atoms with Crippen LogP contribution in [-0.2, 0) is 4.79 Å². The Morgan fingerprint density at radius 3 is 2.62 bits per heavy atom. The van der Waals surface area contributed by atoms with Crippen LogP contribution in [0.25, 0.3) is 0 Å². The number of hydrogen-bond acceptors (Lipinski definition) is 2. The van der Waals surface area contributed by atoms with Gasteiger partial charge >= 0.3 is 0 Å². The van der Waals surface area contributed by atoms with E-state index in [9.17, 15) is 9.18 Å². The van der Waals surface area contributed by atoms with Crippen LogP contribution in [0.1, 0.15) is 24.9 Å². The van der Waals surface area contributed by atoms with Gasteiger partial charge in [0.05, 0.1) is 6.04 Å². The molecule has 1 unspecified atom stereocenters. The largest absolute Gasteiger partial charge is 0.298 e. The van der Waals surface area contributed by atoms with Gasteiger partial charge in [0, 0.05) is 13.1 Å². The van der Waals surface area contributed by atoms with Crippen LogP contribution >= 0.6 is 0 Å². The predicted octanol–water partition coefficient (Wildman–Crippen LogP) is 2.36. The second-order valence-electron chi connectivity index (χ2n) is 4.30. The second-order valence-corrected chi connectivity index (χ2v) is 4.30. The molecular weight excluding hydrogens is 205 g/mol. The van der Waals surface area contributed by atoms with Crippen LogP contribution in [0.4, 0.5) is 4.39 Å². The van der Waals surface area contributed by atoms with Crippen LogP contribution in [0.15, 0.2) is 30.3 Å². The van der Waals surface area contributed by atoms with Crippen molar-refractivity contribution >= 4 is 5.78 Å². The number of alkyl halides is 1. The third kappa shape index (κ3) is 2.30. The van der Waals surface area contributed by atoms with E-state index in [4.69, 9.17) is 0 Å². The summed E-state index contributed by atoms with van der Waals surface area (Å²) >= 11 is 0. The average molecular weight is 221 g/mol. The minimum atomic E-state index is -0.787. The molecule has 86 valence electrons. The summed E-state index contributed by atoms with van der Waals surface area (Å²) in [7, 11) is 0. The van der Waals surface area contributed by atoms with Gasteiger partial charge in [0.25, 0.3) is 0 Å². The van der Waals surface area contributed by atoms with E-state index in [1.807, 2.05) is 35.2 Å². The molecule has 16 heavy (non-hydrogen) atoms. The van der Waals surface area contributed by atoms with Gasteiger partial charge in [-0.1, -0.05) is 30.3 Å². The van der Waals surface area contributed by atoms with E-state index in [0.29, 0.717) is 19.5 Å². The molecule has 3 heteroatoms. The molecule has 1 heterocycles. The highest BCUT2D eigenvalue weighted by Crippen LogP contribution is 2.26. The number of rotatable bonds is 3. The average Bonchev–Trinajstić information content (AvgIpc) is 2.66. The lowest BCUT2D eigenvalue weighted by Crippen LogP contribution is -2.31. The SMILES string of the molecule is CC(=O)[C@H](c1ccccc1)N1CCC(F)C1. The summed E-state index contributed by atoms with van der Waals surface area (Å²) in [4.78, 5) is 13.6. The summed E-state index contributed by atoms with van der Waals surface area (Å²) in [5, 5.41) is 0. The Balaban J connectivity index is 2.21. The zero-order valence-corrected chi connectivity index (χ0v) is 9.40. The van der Waals surface area contributed by atoms with Crippen LogP contribution in [0.2, 0.25) is 0 Å². The van der Waals surface area contributed by atoms with Crippen LogP contribution in [-0.4, -0.2) is 29.9 Å². The Morgan fingerprint density at radius 2 is 2.12 bits per heavy atom. The van der Waals surface area contributed by atoms with Crippen LogP contribution in [0.3, 0.4) is 0 Å². The molecule has 0 amide bonds. The quantitative estimate of drug-likeness (QED) is 0.781. The summed E-state index contributed by atoms with van der Waals surface area (Å²) in [5.74, 6) is 0.0836. The number of nitrogens with zero attached hydrogens (tertiary/aromatic N) is 1. The number of hydrogen-bond donors (Lipinski definition) is 0. The number of likely N-dealkylation sites (tertiary alicyclic amines) is 1. The summed E-state index contributed by atoms with van der Waals surface area (Å²) < 4.78 is 13.2. The molecule has 1 aliphatic rings. The number of carbonyl (C=O) groups excluding carboxylic acids is 1. The van der Waals surface area contributed by atoms with Crippen molar-refractivity contribution in [3.05, 3.63) is 35.9 Å². The minimum Gasteiger partial charge on any atom is -0.298 e.